The van der Waals surface area contributed by atoms with Gasteiger partial charge in [-0.05, 0) is 31.1 Å². The lowest BCUT2D eigenvalue weighted by atomic mass is 9.83. The van der Waals surface area contributed by atoms with Crippen LogP contribution in [0.3, 0.4) is 0 Å². The standard InChI is InChI=1S/C12H24N2O3S/c1-12(4-7-17-8-5-12)10-14-18(15,16)9-6-13-11-2-3-11/h11,13-14H,2-10H2,1H3. The van der Waals surface area contributed by atoms with Crippen molar-refractivity contribution in [3.8, 4) is 0 Å². The van der Waals surface area contributed by atoms with Gasteiger partial charge in [0.1, 0.15) is 0 Å². The maximum absolute atomic E-state index is 11.8. The molecular weight excluding hydrogens is 252 g/mol. The monoisotopic (exact) mass is 276 g/mol. The molecule has 1 aliphatic carbocycles. The molecule has 0 aromatic rings. The molecule has 5 nitrogen and oxygen atoms in total. The predicted octanol–water partition coefficient (Wildman–Crippen LogP) is 0.475. The summed E-state index contributed by atoms with van der Waals surface area (Å²) in [6, 6.07) is 0.563. The van der Waals surface area contributed by atoms with Crippen LogP contribution >= 0.6 is 0 Å². The Balaban J connectivity index is 1.69. The third-order valence-electron chi connectivity index (χ3n) is 3.80. The van der Waals surface area contributed by atoms with Gasteiger partial charge in [0.15, 0.2) is 0 Å². The zero-order valence-corrected chi connectivity index (χ0v) is 11.9. The molecule has 0 unspecified atom stereocenters. The molecule has 1 heterocycles. The van der Waals surface area contributed by atoms with Gasteiger partial charge in [0.2, 0.25) is 10.0 Å². The third-order valence-corrected chi connectivity index (χ3v) is 5.13. The maximum Gasteiger partial charge on any atom is 0.212 e. The molecule has 2 aliphatic rings. The van der Waals surface area contributed by atoms with Crippen LogP contribution in [0, 0.1) is 5.41 Å². The van der Waals surface area contributed by atoms with Gasteiger partial charge in [-0.25, -0.2) is 13.1 Å². The van der Waals surface area contributed by atoms with Crippen molar-refractivity contribution in [1.82, 2.24) is 10.0 Å². The quantitative estimate of drug-likeness (QED) is 0.709. The summed E-state index contributed by atoms with van der Waals surface area (Å²) in [7, 11) is -3.14. The molecule has 2 fully saturated rings. The maximum atomic E-state index is 11.8. The Morgan fingerprint density at radius 2 is 1.94 bits per heavy atom. The molecule has 2 N–H and O–H groups in total. The Kier molecular flexibility index (Phi) is 4.64. The van der Waals surface area contributed by atoms with Gasteiger partial charge in [-0.2, -0.15) is 0 Å². The number of hydrogen-bond acceptors (Lipinski definition) is 4. The number of sulfonamides is 1. The van der Waals surface area contributed by atoms with Gasteiger partial charge in [-0.1, -0.05) is 6.92 Å². The molecule has 0 amide bonds. The summed E-state index contributed by atoms with van der Waals surface area (Å²) in [6.07, 6.45) is 4.22. The summed E-state index contributed by atoms with van der Waals surface area (Å²) in [5.74, 6) is 0.177. The first kappa shape index (κ1) is 14.2. The van der Waals surface area contributed by atoms with Crippen LogP contribution in [0.1, 0.15) is 32.6 Å². The molecule has 2 rings (SSSR count). The van der Waals surface area contributed by atoms with Crippen molar-refractivity contribution in [2.75, 3.05) is 32.1 Å². The highest BCUT2D eigenvalue weighted by Gasteiger charge is 2.29. The minimum absolute atomic E-state index is 0.0508. The highest BCUT2D eigenvalue weighted by atomic mass is 32.2. The summed E-state index contributed by atoms with van der Waals surface area (Å²) in [5.41, 5.74) is 0.0508. The summed E-state index contributed by atoms with van der Waals surface area (Å²) >= 11 is 0. The summed E-state index contributed by atoms with van der Waals surface area (Å²) < 4.78 is 31.7. The number of rotatable bonds is 7. The van der Waals surface area contributed by atoms with Crippen LogP contribution in [0.15, 0.2) is 0 Å². The minimum Gasteiger partial charge on any atom is -0.381 e. The SMILES string of the molecule is CC1(CNS(=O)(=O)CCNC2CC2)CCOCC1. The second-order valence-corrected chi connectivity index (χ2v) is 7.72. The molecule has 6 heteroatoms. The number of ether oxygens (including phenoxy) is 1. The first-order valence-electron chi connectivity index (χ1n) is 6.78. The van der Waals surface area contributed by atoms with Crippen molar-refractivity contribution in [3.63, 3.8) is 0 Å². The van der Waals surface area contributed by atoms with E-state index in [2.05, 4.69) is 17.0 Å². The van der Waals surface area contributed by atoms with E-state index in [0.29, 0.717) is 19.1 Å². The molecule has 0 aromatic heterocycles. The van der Waals surface area contributed by atoms with Crippen LogP contribution in [0.2, 0.25) is 0 Å². The van der Waals surface area contributed by atoms with E-state index in [1.807, 2.05) is 0 Å². The lowest BCUT2D eigenvalue weighted by molar-refractivity contribution is 0.0265. The molecule has 0 atom stereocenters. The second kappa shape index (κ2) is 5.86. The fourth-order valence-electron chi connectivity index (χ4n) is 2.08. The van der Waals surface area contributed by atoms with E-state index < -0.39 is 10.0 Å². The van der Waals surface area contributed by atoms with Gasteiger partial charge in [-0.3, -0.25) is 0 Å². The zero-order valence-electron chi connectivity index (χ0n) is 11.1. The van der Waals surface area contributed by atoms with Crippen LogP contribution in [0.25, 0.3) is 0 Å². The zero-order chi connectivity index (χ0) is 13.1. The van der Waals surface area contributed by atoms with E-state index in [9.17, 15) is 8.42 Å². The molecule has 1 aliphatic heterocycles. The molecule has 18 heavy (non-hydrogen) atoms. The molecule has 0 spiro atoms. The summed E-state index contributed by atoms with van der Waals surface area (Å²) in [5, 5.41) is 3.22. The highest BCUT2D eigenvalue weighted by molar-refractivity contribution is 7.89. The number of nitrogens with one attached hydrogen (secondary N) is 2. The first-order valence-corrected chi connectivity index (χ1v) is 8.43. The van der Waals surface area contributed by atoms with Gasteiger partial charge in [0.25, 0.3) is 0 Å². The Hall–Kier alpha value is -0.170. The lowest BCUT2D eigenvalue weighted by Gasteiger charge is -2.33. The molecule has 1 saturated heterocycles. The van der Waals surface area contributed by atoms with E-state index in [0.717, 1.165) is 26.1 Å². The van der Waals surface area contributed by atoms with Gasteiger partial charge < -0.3 is 10.1 Å². The van der Waals surface area contributed by atoms with Gasteiger partial charge in [0, 0.05) is 32.3 Å². The average Bonchev–Trinajstić information content (AvgIpc) is 3.12. The molecular formula is C12H24N2O3S. The van der Waals surface area contributed by atoms with Crippen molar-refractivity contribution >= 4 is 10.0 Å². The smallest absolute Gasteiger partial charge is 0.212 e. The predicted molar refractivity (Wildman–Crippen MR) is 71.0 cm³/mol. The molecule has 0 radical (unpaired) electrons. The Labute approximate surface area is 110 Å². The number of hydrogen-bond donors (Lipinski definition) is 2. The Bertz CT molecular complexity index is 360. The normalized spacial score (nSPS) is 24.1. The van der Waals surface area contributed by atoms with Crippen LogP contribution in [-0.2, 0) is 14.8 Å². The average molecular weight is 276 g/mol. The first-order chi connectivity index (χ1) is 8.49. The van der Waals surface area contributed by atoms with Crippen molar-refractivity contribution in [2.45, 2.75) is 38.6 Å². The fourth-order valence-corrected chi connectivity index (χ4v) is 3.18. The van der Waals surface area contributed by atoms with Gasteiger partial charge in [-0.15, -0.1) is 0 Å². The Morgan fingerprint density at radius 3 is 2.56 bits per heavy atom. The van der Waals surface area contributed by atoms with Crippen LogP contribution in [0.4, 0.5) is 0 Å². The Morgan fingerprint density at radius 1 is 1.28 bits per heavy atom. The molecule has 0 bridgehead atoms. The largest absolute Gasteiger partial charge is 0.381 e. The van der Waals surface area contributed by atoms with E-state index in [-0.39, 0.29) is 11.2 Å². The van der Waals surface area contributed by atoms with Crippen LogP contribution in [0.5, 0.6) is 0 Å². The van der Waals surface area contributed by atoms with Crippen LogP contribution in [-0.4, -0.2) is 46.5 Å². The van der Waals surface area contributed by atoms with E-state index in [1.54, 1.807) is 0 Å². The van der Waals surface area contributed by atoms with Crippen molar-refractivity contribution in [2.24, 2.45) is 5.41 Å². The molecule has 106 valence electrons. The molecule has 0 aromatic carbocycles. The second-order valence-electron chi connectivity index (χ2n) is 5.79. The fraction of sp³-hybridized carbons (Fsp3) is 1.00. The highest BCUT2D eigenvalue weighted by Crippen LogP contribution is 2.28. The van der Waals surface area contributed by atoms with E-state index in [4.69, 9.17) is 4.74 Å². The van der Waals surface area contributed by atoms with Gasteiger partial charge >= 0.3 is 0 Å². The minimum atomic E-state index is -3.14. The summed E-state index contributed by atoms with van der Waals surface area (Å²) in [4.78, 5) is 0. The third kappa shape index (κ3) is 4.84. The molecule has 1 saturated carbocycles. The lowest BCUT2D eigenvalue weighted by Crippen LogP contribution is -2.41. The van der Waals surface area contributed by atoms with Crippen molar-refractivity contribution in [3.05, 3.63) is 0 Å². The van der Waals surface area contributed by atoms with Crippen molar-refractivity contribution < 1.29 is 13.2 Å². The van der Waals surface area contributed by atoms with E-state index >= 15 is 0 Å². The topological polar surface area (TPSA) is 67.4 Å². The van der Waals surface area contributed by atoms with Crippen molar-refractivity contribution in [1.29, 1.82) is 0 Å². The summed E-state index contributed by atoms with van der Waals surface area (Å²) in [6.45, 7) is 4.69. The van der Waals surface area contributed by atoms with E-state index in [1.165, 1.54) is 12.8 Å². The van der Waals surface area contributed by atoms with Gasteiger partial charge in [0.05, 0.1) is 5.75 Å². The van der Waals surface area contributed by atoms with Crippen LogP contribution < -0.4 is 10.0 Å².